The molecular weight excluding hydrogens is 313 g/mol. The van der Waals surface area contributed by atoms with E-state index in [4.69, 9.17) is 4.74 Å². The van der Waals surface area contributed by atoms with E-state index in [1.807, 2.05) is 0 Å². The molecule has 1 aliphatic rings. The Bertz CT molecular complexity index is 463. The molecule has 19 heavy (non-hydrogen) atoms. The Hall–Kier alpha value is -0.940. The molecule has 1 aliphatic carbocycles. The van der Waals surface area contributed by atoms with E-state index in [2.05, 4.69) is 15.9 Å². The molecule has 2 rings (SSSR count). The number of ether oxygens (including phenoxy) is 1. The van der Waals surface area contributed by atoms with Crippen molar-refractivity contribution in [2.75, 3.05) is 26.8 Å². The number of likely N-dealkylation sites (N-methyl/N-ethyl adjacent to an activating group) is 1. The van der Waals surface area contributed by atoms with E-state index in [1.54, 1.807) is 13.1 Å². The predicted octanol–water partition coefficient (Wildman–Crippen LogP) is 3.09. The fourth-order valence-electron chi connectivity index (χ4n) is 1.71. The molecule has 1 aromatic rings. The quantitative estimate of drug-likeness (QED) is 0.750. The van der Waals surface area contributed by atoms with E-state index in [-0.39, 0.29) is 11.5 Å². The number of benzene rings is 1. The fraction of sp³-hybridized carbons (Fsp3) is 0.500. The number of carbonyl (C=O) groups is 1. The molecule has 3 nitrogen and oxygen atoms in total. The first-order valence-corrected chi connectivity index (χ1v) is 7.15. The van der Waals surface area contributed by atoms with Gasteiger partial charge >= 0.3 is 0 Å². The molecule has 0 N–H and O–H groups in total. The second-order valence-electron chi connectivity index (χ2n) is 4.87. The van der Waals surface area contributed by atoms with Gasteiger partial charge in [0.05, 0.1) is 12.2 Å². The number of rotatable bonds is 6. The van der Waals surface area contributed by atoms with Crippen molar-refractivity contribution in [3.63, 3.8) is 0 Å². The fourth-order valence-corrected chi connectivity index (χ4v) is 2.04. The highest BCUT2D eigenvalue weighted by atomic mass is 79.9. The molecule has 1 fully saturated rings. The SMILES string of the molecule is CN(CCOCC1CC1)C(=O)c1ccc(Br)cc1F. The van der Waals surface area contributed by atoms with Crippen LogP contribution < -0.4 is 0 Å². The van der Waals surface area contributed by atoms with Crippen LogP contribution in [0.25, 0.3) is 0 Å². The zero-order chi connectivity index (χ0) is 13.8. The summed E-state index contributed by atoms with van der Waals surface area (Å²) in [6, 6.07) is 4.45. The van der Waals surface area contributed by atoms with Crippen LogP contribution in [0.2, 0.25) is 0 Å². The number of hydrogen-bond acceptors (Lipinski definition) is 2. The minimum absolute atomic E-state index is 0.0906. The minimum atomic E-state index is -0.509. The monoisotopic (exact) mass is 329 g/mol. The van der Waals surface area contributed by atoms with Gasteiger partial charge in [-0.05, 0) is 37.0 Å². The number of nitrogens with zero attached hydrogens (tertiary/aromatic N) is 1. The van der Waals surface area contributed by atoms with E-state index in [1.165, 1.54) is 29.9 Å². The lowest BCUT2D eigenvalue weighted by Crippen LogP contribution is -2.31. The van der Waals surface area contributed by atoms with Crippen LogP contribution in [0.5, 0.6) is 0 Å². The van der Waals surface area contributed by atoms with Crippen molar-refractivity contribution in [2.45, 2.75) is 12.8 Å². The highest BCUT2D eigenvalue weighted by molar-refractivity contribution is 9.10. The molecule has 0 bridgehead atoms. The third-order valence-electron chi connectivity index (χ3n) is 3.13. The highest BCUT2D eigenvalue weighted by Gasteiger charge is 2.21. The van der Waals surface area contributed by atoms with Crippen LogP contribution >= 0.6 is 15.9 Å². The van der Waals surface area contributed by atoms with Crippen molar-refractivity contribution < 1.29 is 13.9 Å². The normalized spacial score (nSPS) is 14.5. The van der Waals surface area contributed by atoms with Crippen LogP contribution in [0.4, 0.5) is 4.39 Å². The third kappa shape index (κ3) is 4.28. The van der Waals surface area contributed by atoms with Gasteiger partial charge in [0.15, 0.2) is 0 Å². The van der Waals surface area contributed by atoms with Crippen molar-refractivity contribution in [1.29, 1.82) is 0 Å². The summed E-state index contributed by atoms with van der Waals surface area (Å²) < 4.78 is 19.7. The smallest absolute Gasteiger partial charge is 0.256 e. The Morgan fingerprint density at radius 3 is 2.89 bits per heavy atom. The van der Waals surface area contributed by atoms with Crippen molar-refractivity contribution >= 4 is 21.8 Å². The first kappa shape index (κ1) is 14.5. The topological polar surface area (TPSA) is 29.5 Å². The van der Waals surface area contributed by atoms with Crippen molar-refractivity contribution in [3.8, 4) is 0 Å². The summed E-state index contributed by atoms with van der Waals surface area (Å²) in [5, 5.41) is 0. The van der Waals surface area contributed by atoms with Gasteiger partial charge in [0.2, 0.25) is 0 Å². The zero-order valence-electron chi connectivity index (χ0n) is 10.9. The Morgan fingerprint density at radius 1 is 1.53 bits per heavy atom. The Balaban J connectivity index is 1.83. The Labute approximate surface area is 120 Å². The van der Waals surface area contributed by atoms with E-state index in [0.29, 0.717) is 23.5 Å². The molecule has 1 amide bonds. The lowest BCUT2D eigenvalue weighted by molar-refractivity contribution is 0.0677. The number of halogens is 2. The Kier molecular flexibility index (Phi) is 4.93. The number of amides is 1. The third-order valence-corrected chi connectivity index (χ3v) is 3.62. The van der Waals surface area contributed by atoms with E-state index in [9.17, 15) is 9.18 Å². The van der Waals surface area contributed by atoms with Gasteiger partial charge in [0.25, 0.3) is 5.91 Å². The molecule has 104 valence electrons. The molecule has 0 unspecified atom stereocenters. The first-order chi connectivity index (χ1) is 9.08. The summed E-state index contributed by atoms with van der Waals surface area (Å²) in [5.74, 6) is -0.116. The summed E-state index contributed by atoms with van der Waals surface area (Å²) in [6.45, 7) is 1.74. The van der Waals surface area contributed by atoms with Crippen LogP contribution in [-0.2, 0) is 4.74 Å². The van der Waals surface area contributed by atoms with Gasteiger partial charge in [0, 0.05) is 24.7 Å². The standard InChI is InChI=1S/C14H17BrFNO2/c1-17(6-7-19-9-10-2-3-10)14(18)12-5-4-11(15)8-13(12)16/h4-5,8,10H,2-3,6-7,9H2,1H3. The van der Waals surface area contributed by atoms with Gasteiger partial charge in [-0.25, -0.2) is 4.39 Å². The molecule has 0 radical (unpaired) electrons. The second-order valence-corrected chi connectivity index (χ2v) is 5.78. The van der Waals surface area contributed by atoms with Crippen molar-refractivity contribution in [3.05, 3.63) is 34.1 Å². The largest absolute Gasteiger partial charge is 0.379 e. The van der Waals surface area contributed by atoms with Gasteiger partial charge in [-0.3, -0.25) is 4.79 Å². The summed E-state index contributed by atoms with van der Waals surface area (Å²) in [6.07, 6.45) is 2.50. The molecule has 0 heterocycles. The van der Waals surface area contributed by atoms with Crippen LogP contribution in [0, 0.1) is 11.7 Å². The molecule has 5 heteroatoms. The highest BCUT2D eigenvalue weighted by Crippen LogP contribution is 2.28. The summed E-state index contributed by atoms with van der Waals surface area (Å²) in [7, 11) is 1.66. The second kappa shape index (κ2) is 6.48. The predicted molar refractivity (Wildman–Crippen MR) is 74.6 cm³/mol. The lowest BCUT2D eigenvalue weighted by atomic mass is 10.2. The molecule has 1 saturated carbocycles. The molecular formula is C14H17BrFNO2. The van der Waals surface area contributed by atoms with Crippen molar-refractivity contribution in [2.24, 2.45) is 5.92 Å². The zero-order valence-corrected chi connectivity index (χ0v) is 12.5. The molecule has 0 saturated heterocycles. The minimum Gasteiger partial charge on any atom is -0.379 e. The van der Waals surface area contributed by atoms with Crippen LogP contribution in [0.1, 0.15) is 23.2 Å². The first-order valence-electron chi connectivity index (χ1n) is 6.36. The molecule has 0 aromatic heterocycles. The van der Waals surface area contributed by atoms with Gasteiger partial charge in [-0.15, -0.1) is 0 Å². The van der Waals surface area contributed by atoms with Gasteiger partial charge in [-0.2, -0.15) is 0 Å². The average Bonchev–Trinajstić information content (AvgIpc) is 3.17. The molecule has 0 atom stereocenters. The number of carbonyl (C=O) groups excluding carboxylic acids is 1. The van der Waals surface area contributed by atoms with Gasteiger partial charge in [-0.1, -0.05) is 15.9 Å². The maximum absolute atomic E-state index is 13.7. The summed E-state index contributed by atoms with van der Waals surface area (Å²) in [5.41, 5.74) is 0.0906. The average molecular weight is 330 g/mol. The van der Waals surface area contributed by atoms with E-state index >= 15 is 0 Å². The molecule has 0 aliphatic heterocycles. The maximum Gasteiger partial charge on any atom is 0.256 e. The lowest BCUT2D eigenvalue weighted by Gasteiger charge is -2.17. The van der Waals surface area contributed by atoms with Gasteiger partial charge in [0.1, 0.15) is 5.82 Å². The van der Waals surface area contributed by atoms with Crippen LogP contribution in [-0.4, -0.2) is 37.6 Å². The van der Waals surface area contributed by atoms with Crippen LogP contribution in [0.15, 0.2) is 22.7 Å². The summed E-state index contributed by atoms with van der Waals surface area (Å²) >= 11 is 3.17. The van der Waals surface area contributed by atoms with Crippen molar-refractivity contribution in [1.82, 2.24) is 4.90 Å². The van der Waals surface area contributed by atoms with E-state index in [0.717, 1.165) is 6.61 Å². The number of hydrogen-bond donors (Lipinski definition) is 0. The van der Waals surface area contributed by atoms with E-state index < -0.39 is 5.82 Å². The summed E-state index contributed by atoms with van der Waals surface area (Å²) in [4.78, 5) is 13.5. The maximum atomic E-state index is 13.7. The molecule has 1 aromatic carbocycles. The molecule has 0 spiro atoms. The Morgan fingerprint density at radius 2 is 2.26 bits per heavy atom. The van der Waals surface area contributed by atoms with Crippen LogP contribution in [0.3, 0.4) is 0 Å². The van der Waals surface area contributed by atoms with Gasteiger partial charge < -0.3 is 9.64 Å².